The van der Waals surface area contributed by atoms with Crippen LogP contribution in [0.3, 0.4) is 0 Å². The van der Waals surface area contributed by atoms with Gasteiger partial charge < -0.3 is 15.3 Å². The fourth-order valence-electron chi connectivity index (χ4n) is 2.19. The van der Waals surface area contributed by atoms with Crippen LogP contribution in [0.15, 0.2) is 18.3 Å². The van der Waals surface area contributed by atoms with Gasteiger partial charge in [0.1, 0.15) is 0 Å². The quantitative estimate of drug-likeness (QED) is 0.845. The number of pyridine rings is 1. The molecule has 1 aromatic heterocycles. The number of carbonyl (C=O) groups excluding carboxylic acids is 1. The minimum Gasteiger partial charge on any atom is -0.481 e. The Kier molecular flexibility index (Phi) is 6.34. The predicted octanol–water partition coefficient (Wildman–Crippen LogP) is 2.45. The Morgan fingerprint density at radius 3 is 2.50 bits per heavy atom. The number of aromatic nitrogens is 1. The number of hydrogen-bond donors (Lipinski definition) is 2. The molecule has 0 aromatic carbocycles. The summed E-state index contributed by atoms with van der Waals surface area (Å²) >= 11 is 0. The molecule has 0 radical (unpaired) electrons. The molecule has 0 saturated carbocycles. The number of hydrogen-bond acceptors (Lipinski definition) is 3. The van der Waals surface area contributed by atoms with E-state index in [0.29, 0.717) is 0 Å². The molecule has 122 valence electrons. The Balaban J connectivity index is 2.82. The third kappa shape index (κ3) is 4.72. The van der Waals surface area contributed by atoms with Crippen LogP contribution in [-0.2, 0) is 4.79 Å². The number of nitrogens with zero attached hydrogens (tertiary/aromatic N) is 2. The minimum atomic E-state index is -0.916. The second-order valence-corrected chi connectivity index (χ2v) is 6.00. The number of rotatable bonds is 6. The summed E-state index contributed by atoms with van der Waals surface area (Å²) in [6.07, 6.45) is 1.71. The largest absolute Gasteiger partial charge is 0.481 e. The Morgan fingerprint density at radius 2 is 2.00 bits per heavy atom. The van der Waals surface area contributed by atoms with Crippen molar-refractivity contribution < 1.29 is 14.7 Å². The monoisotopic (exact) mass is 307 g/mol. The second-order valence-electron chi connectivity index (χ2n) is 6.00. The topological polar surface area (TPSA) is 82.5 Å². The van der Waals surface area contributed by atoms with Crippen molar-refractivity contribution in [2.45, 2.75) is 33.7 Å². The molecule has 22 heavy (non-hydrogen) atoms. The Hall–Kier alpha value is -2.11. The summed E-state index contributed by atoms with van der Waals surface area (Å²) < 4.78 is 0. The lowest BCUT2D eigenvalue weighted by molar-refractivity contribution is -0.141. The molecule has 0 aliphatic carbocycles. The predicted molar refractivity (Wildman–Crippen MR) is 84.5 cm³/mol. The van der Waals surface area contributed by atoms with Crippen molar-refractivity contribution in [1.29, 1.82) is 0 Å². The SMILES string of the molecule is Cc1cccnc1C(NC(=O)N(C)CC(C)C(=O)O)C(C)C. The van der Waals surface area contributed by atoms with Gasteiger partial charge in [0.2, 0.25) is 0 Å². The molecule has 1 rings (SSSR count). The standard InChI is InChI=1S/C16H25N3O3/c1-10(2)13(14-11(3)7-6-8-17-14)18-16(22)19(5)9-12(4)15(20)21/h6-8,10,12-13H,9H2,1-5H3,(H,18,22)(H,20,21). The molecule has 0 bridgehead atoms. The molecular formula is C16H25N3O3. The molecule has 6 heteroatoms. The Morgan fingerprint density at radius 1 is 1.36 bits per heavy atom. The van der Waals surface area contributed by atoms with Crippen molar-refractivity contribution in [3.05, 3.63) is 29.6 Å². The average Bonchev–Trinajstić information content (AvgIpc) is 2.44. The van der Waals surface area contributed by atoms with E-state index < -0.39 is 11.9 Å². The molecule has 6 nitrogen and oxygen atoms in total. The first-order valence-electron chi connectivity index (χ1n) is 7.40. The van der Waals surface area contributed by atoms with E-state index in [1.54, 1.807) is 20.2 Å². The summed E-state index contributed by atoms with van der Waals surface area (Å²) in [6.45, 7) is 7.72. The molecular weight excluding hydrogens is 282 g/mol. The minimum absolute atomic E-state index is 0.160. The molecule has 0 fully saturated rings. The molecule has 0 aliphatic heterocycles. The van der Waals surface area contributed by atoms with Crippen LogP contribution >= 0.6 is 0 Å². The molecule has 0 saturated heterocycles. The number of urea groups is 1. The van der Waals surface area contributed by atoms with Crippen molar-refractivity contribution in [2.75, 3.05) is 13.6 Å². The first-order valence-corrected chi connectivity index (χ1v) is 7.40. The summed E-state index contributed by atoms with van der Waals surface area (Å²) in [5.41, 5.74) is 1.86. The first-order chi connectivity index (χ1) is 10.2. The van der Waals surface area contributed by atoms with E-state index in [1.165, 1.54) is 4.90 Å². The lowest BCUT2D eigenvalue weighted by atomic mass is 9.97. The summed E-state index contributed by atoms with van der Waals surface area (Å²) in [4.78, 5) is 28.9. The maximum absolute atomic E-state index is 12.3. The van der Waals surface area contributed by atoms with E-state index in [9.17, 15) is 9.59 Å². The zero-order valence-electron chi connectivity index (χ0n) is 13.8. The van der Waals surface area contributed by atoms with E-state index in [-0.39, 0.29) is 24.5 Å². The molecule has 0 spiro atoms. The van der Waals surface area contributed by atoms with Gasteiger partial charge >= 0.3 is 12.0 Å². The van der Waals surface area contributed by atoms with Gasteiger partial charge in [-0.15, -0.1) is 0 Å². The molecule has 1 heterocycles. The van der Waals surface area contributed by atoms with Gasteiger partial charge in [0.05, 0.1) is 17.7 Å². The average molecular weight is 307 g/mol. The van der Waals surface area contributed by atoms with Gasteiger partial charge in [0, 0.05) is 19.8 Å². The lowest BCUT2D eigenvalue weighted by Crippen LogP contribution is -2.43. The van der Waals surface area contributed by atoms with Crippen LogP contribution in [0.2, 0.25) is 0 Å². The van der Waals surface area contributed by atoms with E-state index >= 15 is 0 Å². The molecule has 0 aliphatic rings. The third-order valence-corrected chi connectivity index (χ3v) is 3.61. The highest BCUT2D eigenvalue weighted by molar-refractivity contribution is 5.76. The van der Waals surface area contributed by atoms with Gasteiger partial charge in [-0.25, -0.2) is 4.79 Å². The number of carbonyl (C=O) groups is 2. The van der Waals surface area contributed by atoms with E-state index in [4.69, 9.17) is 5.11 Å². The highest BCUT2D eigenvalue weighted by atomic mass is 16.4. The number of aliphatic carboxylic acids is 1. The van der Waals surface area contributed by atoms with Crippen molar-refractivity contribution in [1.82, 2.24) is 15.2 Å². The number of carboxylic acids is 1. The van der Waals surface area contributed by atoms with Crippen LogP contribution in [0.25, 0.3) is 0 Å². The van der Waals surface area contributed by atoms with Crippen LogP contribution in [0.1, 0.15) is 38.1 Å². The smallest absolute Gasteiger partial charge is 0.317 e. The molecule has 2 unspecified atom stereocenters. The molecule has 1 aromatic rings. The van der Waals surface area contributed by atoms with E-state index in [0.717, 1.165) is 11.3 Å². The van der Waals surface area contributed by atoms with Crippen LogP contribution < -0.4 is 5.32 Å². The molecule has 2 N–H and O–H groups in total. The van der Waals surface area contributed by atoms with E-state index in [1.807, 2.05) is 32.9 Å². The van der Waals surface area contributed by atoms with Gasteiger partial charge in [-0.3, -0.25) is 9.78 Å². The van der Waals surface area contributed by atoms with Crippen molar-refractivity contribution in [3.63, 3.8) is 0 Å². The maximum Gasteiger partial charge on any atom is 0.317 e. The van der Waals surface area contributed by atoms with Crippen LogP contribution in [0.4, 0.5) is 4.79 Å². The lowest BCUT2D eigenvalue weighted by Gasteiger charge is -2.27. The van der Waals surface area contributed by atoms with Crippen LogP contribution in [0, 0.1) is 18.8 Å². The maximum atomic E-state index is 12.3. The highest BCUT2D eigenvalue weighted by Gasteiger charge is 2.24. The van der Waals surface area contributed by atoms with Crippen LogP contribution in [-0.4, -0.2) is 40.6 Å². The third-order valence-electron chi connectivity index (χ3n) is 3.61. The summed E-state index contributed by atoms with van der Waals surface area (Å²) in [6, 6.07) is 3.31. The zero-order valence-corrected chi connectivity index (χ0v) is 13.8. The van der Waals surface area contributed by atoms with Gasteiger partial charge in [0.25, 0.3) is 0 Å². The van der Waals surface area contributed by atoms with Crippen molar-refractivity contribution in [3.8, 4) is 0 Å². The Bertz CT molecular complexity index is 531. The molecule has 2 atom stereocenters. The second kappa shape index (κ2) is 7.77. The van der Waals surface area contributed by atoms with Gasteiger partial charge in [-0.2, -0.15) is 0 Å². The van der Waals surface area contributed by atoms with Gasteiger partial charge in [-0.1, -0.05) is 26.8 Å². The fraction of sp³-hybridized carbons (Fsp3) is 0.562. The van der Waals surface area contributed by atoms with Crippen molar-refractivity contribution >= 4 is 12.0 Å². The van der Waals surface area contributed by atoms with Crippen LogP contribution in [0.5, 0.6) is 0 Å². The number of aryl methyl sites for hydroxylation is 1. The van der Waals surface area contributed by atoms with E-state index in [2.05, 4.69) is 10.3 Å². The number of nitrogens with one attached hydrogen (secondary N) is 1. The summed E-state index contributed by atoms with van der Waals surface area (Å²) in [7, 11) is 1.59. The highest BCUT2D eigenvalue weighted by Crippen LogP contribution is 2.22. The molecule has 2 amide bonds. The fourth-order valence-corrected chi connectivity index (χ4v) is 2.19. The van der Waals surface area contributed by atoms with Gasteiger partial charge in [-0.05, 0) is 24.5 Å². The first kappa shape index (κ1) is 17.9. The normalized spacial score (nSPS) is 13.5. The summed E-state index contributed by atoms with van der Waals surface area (Å²) in [5, 5.41) is 11.9. The number of carboxylic acid groups (broad SMARTS) is 1. The summed E-state index contributed by atoms with van der Waals surface area (Å²) in [5.74, 6) is -1.35. The zero-order chi connectivity index (χ0) is 16.9. The Labute approximate surface area is 131 Å². The number of amides is 2. The van der Waals surface area contributed by atoms with Crippen molar-refractivity contribution in [2.24, 2.45) is 11.8 Å². The van der Waals surface area contributed by atoms with Gasteiger partial charge in [0.15, 0.2) is 0 Å².